The first kappa shape index (κ1) is 20.1. The SMILES string of the molecule is CC(C)Cn1nnnc1SCC(=O)N(C)C(c1ccccc1)c1ccccc1. The van der Waals surface area contributed by atoms with Crippen molar-refractivity contribution in [3.63, 3.8) is 0 Å². The highest BCUT2D eigenvalue weighted by atomic mass is 32.2. The Bertz CT molecular complexity index is 843. The van der Waals surface area contributed by atoms with E-state index in [9.17, 15) is 4.79 Å². The molecular formula is C21H25N5OS. The lowest BCUT2D eigenvalue weighted by Crippen LogP contribution is -2.33. The van der Waals surface area contributed by atoms with Crippen molar-refractivity contribution < 1.29 is 4.79 Å². The second-order valence-electron chi connectivity index (χ2n) is 7.05. The molecule has 0 N–H and O–H groups in total. The Morgan fingerprint density at radius 1 is 1.04 bits per heavy atom. The van der Waals surface area contributed by atoms with Crippen molar-refractivity contribution in [2.24, 2.45) is 5.92 Å². The van der Waals surface area contributed by atoms with Crippen LogP contribution in [0.3, 0.4) is 0 Å². The second-order valence-corrected chi connectivity index (χ2v) is 8.00. The maximum atomic E-state index is 13.0. The number of carbonyl (C=O) groups is 1. The van der Waals surface area contributed by atoms with E-state index in [4.69, 9.17) is 0 Å². The minimum absolute atomic E-state index is 0.0294. The van der Waals surface area contributed by atoms with Gasteiger partial charge in [0.2, 0.25) is 11.1 Å². The van der Waals surface area contributed by atoms with Gasteiger partial charge in [-0.15, -0.1) is 5.10 Å². The molecule has 0 saturated heterocycles. The zero-order valence-corrected chi connectivity index (χ0v) is 17.2. The molecule has 146 valence electrons. The summed E-state index contributed by atoms with van der Waals surface area (Å²) in [4.78, 5) is 14.8. The summed E-state index contributed by atoms with van der Waals surface area (Å²) < 4.78 is 1.76. The third-order valence-corrected chi connectivity index (χ3v) is 5.32. The summed E-state index contributed by atoms with van der Waals surface area (Å²) in [6.45, 7) is 4.95. The van der Waals surface area contributed by atoms with Crippen LogP contribution in [0.1, 0.15) is 31.0 Å². The van der Waals surface area contributed by atoms with Gasteiger partial charge < -0.3 is 4.90 Å². The van der Waals surface area contributed by atoms with E-state index in [1.807, 2.05) is 43.4 Å². The summed E-state index contributed by atoms with van der Waals surface area (Å²) in [7, 11) is 1.85. The first-order valence-corrected chi connectivity index (χ1v) is 10.3. The zero-order chi connectivity index (χ0) is 19.9. The third-order valence-electron chi connectivity index (χ3n) is 4.37. The number of benzene rings is 2. The summed E-state index contributed by atoms with van der Waals surface area (Å²) in [5.41, 5.74) is 2.17. The maximum absolute atomic E-state index is 13.0. The fourth-order valence-electron chi connectivity index (χ4n) is 3.04. The van der Waals surface area contributed by atoms with Gasteiger partial charge in [0.25, 0.3) is 0 Å². The number of carbonyl (C=O) groups excluding carboxylic acids is 1. The molecule has 0 atom stereocenters. The first-order valence-electron chi connectivity index (χ1n) is 9.30. The minimum atomic E-state index is -0.137. The summed E-state index contributed by atoms with van der Waals surface area (Å²) in [6.07, 6.45) is 0. The molecule has 0 spiro atoms. The monoisotopic (exact) mass is 395 g/mol. The van der Waals surface area contributed by atoms with Gasteiger partial charge >= 0.3 is 0 Å². The molecule has 0 aliphatic heterocycles. The predicted octanol–water partition coefficient (Wildman–Crippen LogP) is 3.67. The first-order chi connectivity index (χ1) is 13.6. The standard InChI is InChI=1S/C21H25N5OS/c1-16(2)14-26-21(22-23-24-26)28-15-19(27)25(3)20(17-10-6-4-7-11-17)18-12-8-5-9-13-18/h4-13,16,20H,14-15H2,1-3H3. The lowest BCUT2D eigenvalue weighted by atomic mass is 9.97. The van der Waals surface area contributed by atoms with E-state index in [1.54, 1.807) is 9.58 Å². The van der Waals surface area contributed by atoms with Crippen LogP contribution in [0, 0.1) is 5.92 Å². The fraction of sp³-hybridized carbons (Fsp3) is 0.333. The van der Waals surface area contributed by atoms with Gasteiger partial charge in [-0.05, 0) is 27.5 Å². The molecule has 0 bridgehead atoms. The molecule has 0 unspecified atom stereocenters. The smallest absolute Gasteiger partial charge is 0.233 e. The van der Waals surface area contributed by atoms with Crippen molar-refractivity contribution in [3.8, 4) is 0 Å². The Morgan fingerprint density at radius 2 is 1.61 bits per heavy atom. The number of hydrogen-bond acceptors (Lipinski definition) is 5. The van der Waals surface area contributed by atoms with Crippen molar-refractivity contribution in [2.45, 2.75) is 31.6 Å². The van der Waals surface area contributed by atoms with Crippen molar-refractivity contribution in [1.29, 1.82) is 0 Å². The average molecular weight is 396 g/mol. The van der Waals surface area contributed by atoms with Gasteiger partial charge in [-0.2, -0.15) is 0 Å². The van der Waals surface area contributed by atoms with Crippen LogP contribution in [0.25, 0.3) is 0 Å². The molecule has 28 heavy (non-hydrogen) atoms. The molecule has 7 heteroatoms. The molecule has 2 aromatic carbocycles. The van der Waals surface area contributed by atoms with Gasteiger partial charge in [-0.25, -0.2) is 4.68 Å². The quantitative estimate of drug-likeness (QED) is 0.545. The van der Waals surface area contributed by atoms with Crippen LogP contribution in [0.2, 0.25) is 0 Å². The lowest BCUT2D eigenvalue weighted by molar-refractivity contribution is -0.128. The molecule has 0 radical (unpaired) electrons. The van der Waals surface area contributed by atoms with E-state index in [-0.39, 0.29) is 17.7 Å². The third kappa shape index (κ3) is 4.98. The minimum Gasteiger partial charge on any atom is -0.334 e. The van der Waals surface area contributed by atoms with Crippen molar-refractivity contribution in [1.82, 2.24) is 25.1 Å². The second kappa shape index (κ2) is 9.50. The Hall–Kier alpha value is -2.67. The number of hydrogen-bond donors (Lipinski definition) is 0. The van der Waals surface area contributed by atoms with Gasteiger partial charge in [0.15, 0.2) is 0 Å². The predicted molar refractivity (Wildman–Crippen MR) is 111 cm³/mol. The zero-order valence-electron chi connectivity index (χ0n) is 16.4. The van der Waals surface area contributed by atoms with Crippen LogP contribution in [0.4, 0.5) is 0 Å². The van der Waals surface area contributed by atoms with Gasteiger partial charge in [-0.3, -0.25) is 4.79 Å². The number of tetrazole rings is 1. The van der Waals surface area contributed by atoms with E-state index >= 15 is 0 Å². The fourth-order valence-corrected chi connectivity index (χ4v) is 3.85. The van der Waals surface area contributed by atoms with E-state index in [1.165, 1.54) is 11.8 Å². The van der Waals surface area contributed by atoms with Gasteiger partial charge in [0, 0.05) is 13.6 Å². The van der Waals surface area contributed by atoms with E-state index in [0.717, 1.165) is 17.7 Å². The van der Waals surface area contributed by atoms with Gasteiger partial charge in [-0.1, -0.05) is 86.3 Å². The number of amides is 1. The van der Waals surface area contributed by atoms with E-state index in [0.29, 0.717) is 11.1 Å². The number of rotatable bonds is 8. The molecule has 1 amide bonds. The van der Waals surface area contributed by atoms with Crippen molar-refractivity contribution >= 4 is 17.7 Å². The van der Waals surface area contributed by atoms with Crippen LogP contribution in [-0.4, -0.2) is 43.8 Å². The summed E-state index contributed by atoms with van der Waals surface area (Å²) in [5, 5.41) is 12.5. The van der Waals surface area contributed by atoms with Crippen molar-refractivity contribution in [2.75, 3.05) is 12.8 Å². The molecule has 0 saturated carbocycles. The molecule has 3 rings (SSSR count). The van der Waals surface area contributed by atoms with Crippen molar-refractivity contribution in [3.05, 3.63) is 71.8 Å². The van der Waals surface area contributed by atoms with Gasteiger partial charge in [0.05, 0.1) is 11.8 Å². The lowest BCUT2D eigenvalue weighted by Gasteiger charge is -2.29. The molecule has 6 nitrogen and oxygen atoms in total. The normalized spacial score (nSPS) is 11.2. The van der Waals surface area contributed by atoms with Gasteiger partial charge in [0.1, 0.15) is 0 Å². The van der Waals surface area contributed by atoms with E-state index < -0.39 is 0 Å². The highest BCUT2D eigenvalue weighted by Crippen LogP contribution is 2.28. The van der Waals surface area contributed by atoms with Crippen LogP contribution >= 0.6 is 11.8 Å². The summed E-state index contributed by atoms with van der Waals surface area (Å²) in [6, 6.07) is 20.0. The van der Waals surface area contributed by atoms with Crippen LogP contribution in [0.5, 0.6) is 0 Å². The number of thioether (sulfide) groups is 1. The maximum Gasteiger partial charge on any atom is 0.233 e. The Balaban J connectivity index is 1.75. The van der Waals surface area contributed by atoms with Crippen LogP contribution in [0.15, 0.2) is 65.8 Å². The summed E-state index contributed by atoms with van der Waals surface area (Å²) in [5.74, 6) is 0.745. The highest BCUT2D eigenvalue weighted by Gasteiger charge is 2.24. The molecule has 3 aromatic rings. The molecule has 0 fully saturated rings. The topological polar surface area (TPSA) is 63.9 Å². The number of nitrogens with zero attached hydrogens (tertiary/aromatic N) is 5. The largest absolute Gasteiger partial charge is 0.334 e. The molecule has 1 aromatic heterocycles. The summed E-state index contributed by atoms with van der Waals surface area (Å²) >= 11 is 1.38. The Morgan fingerprint density at radius 3 is 2.14 bits per heavy atom. The highest BCUT2D eigenvalue weighted by molar-refractivity contribution is 7.99. The van der Waals surface area contributed by atoms with Crippen LogP contribution in [-0.2, 0) is 11.3 Å². The average Bonchev–Trinajstić information content (AvgIpc) is 3.14. The van der Waals surface area contributed by atoms with E-state index in [2.05, 4.69) is 53.6 Å². The number of aromatic nitrogens is 4. The molecule has 0 aliphatic carbocycles. The Labute approximate surface area is 169 Å². The van der Waals surface area contributed by atoms with Crippen LogP contribution < -0.4 is 0 Å². The Kier molecular flexibility index (Phi) is 6.81. The molecule has 1 heterocycles. The molecule has 0 aliphatic rings. The molecular weight excluding hydrogens is 370 g/mol.